The van der Waals surface area contributed by atoms with E-state index in [1.54, 1.807) is 0 Å². The van der Waals surface area contributed by atoms with E-state index >= 15 is 0 Å². The van der Waals surface area contributed by atoms with Gasteiger partial charge in [0.2, 0.25) is 0 Å². The fraction of sp³-hybridized carbons (Fsp3) is 0.667. The highest BCUT2D eigenvalue weighted by Crippen LogP contribution is 2.09. The molecule has 0 aromatic rings. The fourth-order valence-corrected chi connectivity index (χ4v) is 1.11. The van der Waals surface area contributed by atoms with Crippen LogP contribution in [-0.2, 0) is 0 Å². The Hall–Kier alpha value is -0.0100. The maximum absolute atomic E-state index is 8.98. The summed E-state index contributed by atoms with van der Waals surface area (Å²) < 4.78 is -0.889. The molecule has 12 heavy (non-hydrogen) atoms. The summed E-state index contributed by atoms with van der Waals surface area (Å²) in [6.45, 7) is 0. The van der Waals surface area contributed by atoms with Crippen molar-refractivity contribution in [2.45, 2.75) is 38.5 Å². The quantitative estimate of drug-likeness (QED) is 0.424. The number of allylic oxidation sites excluding steroid dienone is 2. The van der Waals surface area contributed by atoms with Crippen molar-refractivity contribution >= 4 is 27.9 Å². The summed E-state index contributed by atoms with van der Waals surface area (Å²) in [5.74, 6) is 0. The van der Waals surface area contributed by atoms with Gasteiger partial charge in [0.25, 0.3) is 0 Å². The topological polar surface area (TPSA) is 17.1 Å². The largest absolute Gasteiger partial charge is 0.313 e. The van der Waals surface area contributed by atoms with Gasteiger partial charge in [-0.3, -0.25) is 4.79 Å². The Morgan fingerprint density at radius 3 is 1.58 bits per heavy atom. The van der Waals surface area contributed by atoms with Crippen molar-refractivity contribution in [2.24, 2.45) is 0 Å². The molecule has 70 valence electrons. The molecule has 0 aromatic heterocycles. The highest BCUT2D eigenvalue weighted by Gasteiger charge is 1.89. The highest BCUT2D eigenvalue weighted by atomic mass is 35.5. The van der Waals surface area contributed by atoms with Gasteiger partial charge in [-0.15, -0.1) is 0 Å². The van der Waals surface area contributed by atoms with Crippen LogP contribution in [0.3, 0.4) is 0 Å². The molecule has 1 aliphatic carbocycles. The van der Waals surface area contributed by atoms with Gasteiger partial charge >= 0.3 is 4.70 Å². The Labute approximate surface area is 83.7 Å². The maximum Gasteiger partial charge on any atom is 0.313 e. The van der Waals surface area contributed by atoms with Crippen LogP contribution in [0.5, 0.6) is 0 Å². The zero-order valence-corrected chi connectivity index (χ0v) is 8.57. The lowest BCUT2D eigenvalue weighted by atomic mass is 10.1. The molecule has 1 aliphatic rings. The first-order valence-corrected chi connectivity index (χ1v) is 4.99. The van der Waals surface area contributed by atoms with E-state index in [4.69, 9.17) is 4.79 Å². The molecule has 0 unspecified atom stereocenters. The van der Waals surface area contributed by atoms with Crippen LogP contribution in [0.2, 0.25) is 0 Å². The van der Waals surface area contributed by atoms with Gasteiger partial charge in [0.15, 0.2) is 0 Å². The van der Waals surface area contributed by atoms with Crippen molar-refractivity contribution in [3.8, 4) is 0 Å². The molecule has 0 aliphatic heterocycles. The predicted molar refractivity (Wildman–Crippen MR) is 53.9 cm³/mol. The molecule has 1 nitrogen and oxygen atoms in total. The SMILES string of the molecule is C1=C\CCCCCC/1.O=C(Cl)Cl. The third-order valence-electron chi connectivity index (χ3n) is 1.66. The number of carbonyl (C=O) groups is 1. The van der Waals surface area contributed by atoms with E-state index in [0.717, 1.165) is 0 Å². The lowest BCUT2D eigenvalue weighted by molar-refractivity contribution is 0.275. The van der Waals surface area contributed by atoms with E-state index in [2.05, 4.69) is 35.4 Å². The molecule has 0 spiro atoms. The first-order valence-electron chi connectivity index (χ1n) is 4.23. The zero-order chi connectivity index (χ0) is 9.23. The van der Waals surface area contributed by atoms with Gasteiger partial charge in [-0.25, -0.2) is 0 Å². The molecule has 3 heteroatoms. The minimum absolute atomic E-state index is 0.889. The molecule has 0 saturated carbocycles. The van der Waals surface area contributed by atoms with Crippen LogP contribution in [0.1, 0.15) is 38.5 Å². The van der Waals surface area contributed by atoms with Gasteiger partial charge in [0, 0.05) is 0 Å². The lowest BCUT2D eigenvalue weighted by Crippen LogP contribution is -1.80. The third-order valence-corrected chi connectivity index (χ3v) is 1.66. The maximum atomic E-state index is 8.98. The van der Waals surface area contributed by atoms with Crippen molar-refractivity contribution < 1.29 is 4.79 Å². The van der Waals surface area contributed by atoms with Crippen LogP contribution in [0.4, 0.5) is 4.79 Å². The Kier molecular flexibility index (Phi) is 9.07. The van der Waals surface area contributed by atoms with E-state index in [1.807, 2.05) is 0 Å². The summed E-state index contributed by atoms with van der Waals surface area (Å²) in [5.41, 5.74) is 0. The normalized spacial score (nSPS) is 19.5. The molecule has 0 radical (unpaired) electrons. The molecule has 0 bridgehead atoms. The minimum Gasteiger partial charge on any atom is -0.262 e. The van der Waals surface area contributed by atoms with Gasteiger partial charge < -0.3 is 0 Å². The van der Waals surface area contributed by atoms with Crippen molar-refractivity contribution in [2.75, 3.05) is 0 Å². The number of carbonyl (C=O) groups excluding carboxylic acids is 1. The van der Waals surface area contributed by atoms with Crippen LogP contribution < -0.4 is 0 Å². The first-order chi connectivity index (χ1) is 5.73. The smallest absolute Gasteiger partial charge is 0.262 e. The summed E-state index contributed by atoms with van der Waals surface area (Å²) in [6, 6.07) is 0. The van der Waals surface area contributed by atoms with E-state index in [-0.39, 0.29) is 0 Å². The third kappa shape index (κ3) is 12.6. The number of hydrogen-bond donors (Lipinski definition) is 0. The van der Waals surface area contributed by atoms with E-state index in [0.29, 0.717) is 0 Å². The first kappa shape index (κ1) is 12.0. The van der Waals surface area contributed by atoms with Gasteiger partial charge in [0.1, 0.15) is 0 Å². The standard InChI is InChI=1S/C8H14.CCl2O/c1-2-4-6-8-7-5-3-1;2-1(3)4/h1-2H,3-8H2;/b2-1-;. The Balaban J connectivity index is 0.000000261. The van der Waals surface area contributed by atoms with E-state index < -0.39 is 4.70 Å². The molecule has 0 aromatic carbocycles. The van der Waals surface area contributed by atoms with Gasteiger partial charge in [-0.05, 0) is 48.9 Å². The molecule has 0 amide bonds. The zero-order valence-electron chi connectivity index (χ0n) is 7.06. The summed E-state index contributed by atoms with van der Waals surface area (Å²) in [7, 11) is 0. The summed E-state index contributed by atoms with van der Waals surface area (Å²) in [6.07, 6.45) is 13.0. The predicted octanol–water partition coefficient (Wildman–Crippen LogP) is 4.48. The second-order valence-electron chi connectivity index (χ2n) is 2.69. The van der Waals surface area contributed by atoms with Crippen molar-refractivity contribution in [3.05, 3.63) is 12.2 Å². The lowest BCUT2D eigenvalue weighted by Gasteiger charge is -2.00. The average molecular weight is 209 g/mol. The van der Waals surface area contributed by atoms with Gasteiger partial charge in [-0.2, -0.15) is 0 Å². The van der Waals surface area contributed by atoms with E-state index in [1.165, 1.54) is 38.5 Å². The van der Waals surface area contributed by atoms with Crippen LogP contribution in [0.15, 0.2) is 12.2 Å². The molecule has 0 saturated heterocycles. The Morgan fingerprint density at radius 1 is 0.917 bits per heavy atom. The van der Waals surface area contributed by atoms with Crippen LogP contribution >= 0.6 is 23.2 Å². The molecular weight excluding hydrogens is 195 g/mol. The molecule has 0 atom stereocenters. The fourth-order valence-electron chi connectivity index (χ4n) is 1.11. The summed E-state index contributed by atoms with van der Waals surface area (Å²) in [5, 5.41) is 0. The van der Waals surface area contributed by atoms with Crippen LogP contribution in [0, 0.1) is 0 Å². The van der Waals surface area contributed by atoms with Crippen molar-refractivity contribution in [1.82, 2.24) is 0 Å². The summed E-state index contributed by atoms with van der Waals surface area (Å²) >= 11 is 8.80. The van der Waals surface area contributed by atoms with Gasteiger partial charge in [0.05, 0.1) is 0 Å². The van der Waals surface area contributed by atoms with Crippen LogP contribution in [-0.4, -0.2) is 4.70 Å². The Morgan fingerprint density at radius 2 is 1.25 bits per heavy atom. The molecule has 0 N–H and O–H groups in total. The van der Waals surface area contributed by atoms with E-state index in [9.17, 15) is 0 Å². The minimum atomic E-state index is -0.889. The van der Waals surface area contributed by atoms with Crippen molar-refractivity contribution in [3.63, 3.8) is 0 Å². The van der Waals surface area contributed by atoms with Crippen LogP contribution in [0.25, 0.3) is 0 Å². The number of rotatable bonds is 0. The number of hydrogen-bond acceptors (Lipinski definition) is 1. The van der Waals surface area contributed by atoms with Crippen molar-refractivity contribution in [1.29, 1.82) is 0 Å². The molecule has 0 heterocycles. The average Bonchev–Trinajstić information content (AvgIpc) is 1.82. The number of halogens is 2. The second-order valence-corrected chi connectivity index (χ2v) is 3.57. The monoisotopic (exact) mass is 208 g/mol. The molecule has 0 fully saturated rings. The Bertz CT molecular complexity index is 129. The molecule has 1 rings (SSSR count). The van der Waals surface area contributed by atoms with Gasteiger partial charge in [-0.1, -0.05) is 25.0 Å². The molecular formula is C9H14Cl2O. The second kappa shape index (κ2) is 9.08. The highest BCUT2D eigenvalue weighted by molar-refractivity contribution is 6.93. The summed E-state index contributed by atoms with van der Waals surface area (Å²) in [4.78, 5) is 8.98.